The Labute approximate surface area is 227 Å². The molecule has 0 amide bonds. The Bertz CT molecular complexity index is 22.5. The second-order valence-corrected chi connectivity index (χ2v) is 0. The van der Waals surface area contributed by atoms with E-state index in [1.807, 2.05) is 0 Å². The van der Waals surface area contributed by atoms with Crippen LogP contribution in [0.15, 0.2) is 0 Å². The second-order valence-electron chi connectivity index (χ2n) is 0. The van der Waals surface area contributed by atoms with Crippen LogP contribution in [0.1, 0.15) is 8.56 Å². The molecule has 5 heteroatoms. The van der Waals surface area contributed by atoms with Crippen molar-refractivity contribution in [3.05, 3.63) is 0 Å². The molecule has 0 aliphatic carbocycles. The van der Waals surface area contributed by atoms with Crippen LogP contribution in [0.5, 0.6) is 0 Å². The molecule has 0 nitrogen and oxygen atoms in total. The predicted molar refractivity (Wildman–Crippen MR) is 18.2 cm³/mol. The summed E-state index contributed by atoms with van der Waals surface area (Å²) in [4.78, 5) is 0. The summed E-state index contributed by atoms with van der Waals surface area (Å²) in [7, 11) is 0. The van der Waals surface area contributed by atoms with E-state index in [1.165, 1.54) is 0 Å². The van der Waals surface area contributed by atoms with Gasteiger partial charge >= 0.3 is 210 Å². The quantitative estimate of drug-likeness (QED) is 0.346. The first-order valence-corrected chi connectivity index (χ1v) is 0. The summed E-state index contributed by atoms with van der Waals surface area (Å²) in [5.74, 6) is 0. The van der Waals surface area contributed by atoms with Gasteiger partial charge in [0.15, 0.2) is 0 Å². The molecule has 0 heterocycles. The third kappa shape index (κ3) is 18.2. The van der Waals surface area contributed by atoms with Crippen LogP contribution in [0.25, 0.3) is 0 Å². The van der Waals surface area contributed by atoms with Gasteiger partial charge in [-0.1, -0.05) is 0 Å². The summed E-state index contributed by atoms with van der Waals surface area (Å²) in [5, 5.41) is 0. The van der Waals surface area contributed by atoms with Gasteiger partial charge in [0.05, 0.1) is 0 Å². The van der Waals surface area contributed by atoms with Crippen molar-refractivity contribution in [3.63, 3.8) is 0 Å². The fourth-order valence-corrected chi connectivity index (χ4v) is 0. The maximum absolute atomic E-state index is 0. The number of hydrogen-bond donors (Lipinski definition) is 0. The van der Waals surface area contributed by atoms with Crippen LogP contribution in [0.2, 0.25) is 0 Å². The number of rotatable bonds is 0. The van der Waals surface area contributed by atoms with E-state index in [-0.39, 0.29) is 236 Å². The van der Waals surface area contributed by atoms with Crippen molar-refractivity contribution in [1.82, 2.24) is 0 Å². The zero-order valence-corrected chi connectivity index (χ0v) is 21.5. The topological polar surface area (TPSA) is 0 Å². The molecular weight excluding hydrogens is 410 g/mol. The van der Waals surface area contributed by atoms with Crippen molar-refractivity contribution in [2.45, 2.75) is 0 Å². The van der Waals surface area contributed by atoms with Gasteiger partial charge in [-0.15, -0.1) is 0 Å². The molecule has 5 heavy (non-hydrogen) atoms. The van der Waals surface area contributed by atoms with Crippen molar-refractivity contribution >= 4 is 83.2 Å². The van der Waals surface area contributed by atoms with E-state index < -0.39 is 0 Å². The average molecular weight is 416 g/mol. The van der Waals surface area contributed by atoms with Gasteiger partial charge in [0.25, 0.3) is 0 Å². The molecular formula is H6CaCsCuRbSr. The second kappa shape index (κ2) is 22.5. The molecule has 0 fully saturated rings. The van der Waals surface area contributed by atoms with Gasteiger partial charge in [0.2, 0.25) is 0 Å². The van der Waals surface area contributed by atoms with Crippen LogP contribution in [-0.4, -0.2) is 83.2 Å². The van der Waals surface area contributed by atoms with Crippen molar-refractivity contribution in [3.8, 4) is 0 Å². The van der Waals surface area contributed by atoms with E-state index >= 15 is 0 Å². The minimum Gasteiger partial charge on any atom is -1.00 e. The first-order chi connectivity index (χ1) is 0. The van der Waals surface area contributed by atoms with Crippen LogP contribution < -0.4 is 127 Å². The molecule has 0 saturated carbocycles. The van der Waals surface area contributed by atoms with Gasteiger partial charge in [-0.3, -0.25) is 0 Å². The molecule has 0 unspecified atom stereocenters. The molecule has 0 aliphatic rings. The van der Waals surface area contributed by atoms with Gasteiger partial charge in [0, 0.05) is 17.1 Å². The Balaban J connectivity index is 0. The Hall–Kier alpha value is 7.12. The molecule has 0 aromatic carbocycles. The first kappa shape index (κ1) is 29.6. The molecule has 23 valence electrons. The van der Waals surface area contributed by atoms with Crippen molar-refractivity contribution < 1.29 is 153 Å². The summed E-state index contributed by atoms with van der Waals surface area (Å²) < 4.78 is 0. The minimum atomic E-state index is 0. The molecule has 0 bridgehead atoms. The van der Waals surface area contributed by atoms with Gasteiger partial charge in [0.1, 0.15) is 0 Å². The van der Waals surface area contributed by atoms with E-state index in [2.05, 4.69) is 0 Å². The minimum absolute atomic E-state index is 0. The molecule has 0 N–H and O–H groups in total. The predicted octanol–water partition coefficient (Wildman–Crippen LogP) is -6.08. The van der Waals surface area contributed by atoms with Gasteiger partial charge in [-0.2, -0.15) is 0 Å². The van der Waals surface area contributed by atoms with Crippen LogP contribution in [0.4, 0.5) is 0 Å². The summed E-state index contributed by atoms with van der Waals surface area (Å²) in [6.45, 7) is 0. The first-order valence-electron chi connectivity index (χ1n) is 0. The summed E-state index contributed by atoms with van der Waals surface area (Å²) >= 11 is 0. The van der Waals surface area contributed by atoms with Crippen molar-refractivity contribution in [1.29, 1.82) is 0 Å². The number of hydrogen-bond acceptors (Lipinski definition) is 0. The smallest absolute Gasteiger partial charge is 1.00 e. The average Bonchev–Trinajstić information content (AvgIpc) is 0. The van der Waals surface area contributed by atoms with Crippen LogP contribution in [0.3, 0.4) is 0 Å². The molecule has 1 radical (unpaired) electrons. The van der Waals surface area contributed by atoms with Crippen molar-refractivity contribution in [2.24, 2.45) is 0 Å². The SMILES string of the molecule is [Ca+2].[Cs+].[Cu].[H-].[H-].[H-].[H-].[H-].[H-].[Rb+].[Sr+2]. The third-order valence-corrected chi connectivity index (χ3v) is 0. The molecule has 0 aromatic rings. The van der Waals surface area contributed by atoms with E-state index in [0.29, 0.717) is 0 Å². The molecule has 0 rings (SSSR count). The molecule has 0 spiro atoms. The Morgan fingerprint density at radius 3 is 1.20 bits per heavy atom. The maximum atomic E-state index is 0. The van der Waals surface area contributed by atoms with Gasteiger partial charge in [-0.05, 0) is 0 Å². The zero-order valence-electron chi connectivity index (χ0n) is 9.72. The fraction of sp³-hybridized carbons (Fsp3) is 0. The van der Waals surface area contributed by atoms with E-state index in [1.54, 1.807) is 0 Å². The van der Waals surface area contributed by atoms with Gasteiger partial charge < -0.3 is 8.56 Å². The van der Waals surface area contributed by atoms with E-state index in [9.17, 15) is 0 Å². The Kier molecular flexibility index (Phi) is 133. The summed E-state index contributed by atoms with van der Waals surface area (Å²) in [6.07, 6.45) is 0. The van der Waals surface area contributed by atoms with Crippen LogP contribution in [-0.2, 0) is 17.1 Å². The van der Waals surface area contributed by atoms with Crippen molar-refractivity contribution in [2.75, 3.05) is 0 Å². The molecule has 0 aliphatic heterocycles. The molecule has 0 atom stereocenters. The standard InChI is InChI=1S/Ca.Cs.Cu.Rb.Sr.6H/q+2;+1;;+1;+2;6*-1. The fourth-order valence-electron chi connectivity index (χ4n) is 0. The van der Waals surface area contributed by atoms with Gasteiger partial charge in [-0.25, -0.2) is 0 Å². The monoisotopic (exact) mass is 415 g/mol. The summed E-state index contributed by atoms with van der Waals surface area (Å²) in [5.41, 5.74) is 0. The largest absolute Gasteiger partial charge is 2.00 e. The van der Waals surface area contributed by atoms with Crippen LogP contribution >= 0.6 is 0 Å². The Morgan fingerprint density at radius 1 is 1.20 bits per heavy atom. The molecule has 0 aromatic heterocycles. The normalized spacial score (nSPS) is 0. The molecule has 0 saturated heterocycles. The summed E-state index contributed by atoms with van der Waals surface area (Å²) in [6, 6.07) is 0. The maximum Gasteiger partial charge on any atom is 2.00 e. The Morgan fingerprint density at radius 2 is 1.20 bits per heavy atom. The van der Waals surface area contributed by atoms with E-state index in [0.717, 1.165) is 0 Å². The van der Waals surface area contributed by atoms with Crippen LogP contribution in [0, 0.1) is 0 Å². The third-order valence-electron chi connectivity index (χ3n) is 0. The zero-order chi connectivity index (χ0) is 0. The van der Waals surface area contributed by atoms with E-state index in [4.69, 9.17) is 0 Å².